The molecule has 7 heteroatoms. The predicted octanol–water partition coefficient (Wildman–Crippen LogP) is 4.14. The summed E-state index contributed by atoms with van der Waals surface area (Å²) in [4.78, 5) is 18.1. The number of halogens is 3. The third kappa shape index (κ3) is 5.07. The number of pyridine rings is 1. The first-order valence-corrected chi connectivity index (χ1v) is 8.91. The molecule has 0 spiro atoms. The van der Waals surface area contributed by atoms with E-state index in [2.05, 4.69) is 4.98 Å². The number of carbonyl (C=O) groups excluding carboxylic acids is 1. The maximum Gasteiger partial charge on any atom is 0.416 e. The van der Waals surface area contributed by atoms with Gasteiger partial charge < -0.3 is 9.64 Å². The molecule has 1 aromatic heterocycles. The first-order chi connectivity index (χ1) is 12.9. The fraction of sp³-hybridized carbons (Fsp3) is 0.400. The Morgan fingerprint density at radius 3 is 2.48 bits per heavy atom. The Morgan fingerprint density at radius 1 is 1.11 bits per heavy atom. The summed E-state index contributed by atoms with van der Waals surface area (Å²) in [6, 6.07) is 7.16. The quantitative estimate of drug-likeness (QED) is 0.709. The number of alkyl halides is 3. The fourth-order valence-electron chi connectivity index (χ4n) is 3.20. The lowest BCUT2D eigenvalue weighted by Crippen LogP contribution is -2.36. The van der Waals surface area contributed by atoms with E-state index in [-0.39, 0.29) is 12.2 Å². The average molecular weight is 378 g/mol. The molecule has 1 saturated heterocycles. The molecular weight excluding hydrogens is 357 g/mol. The zero-order valence-corrected chi connectivity index (χ0v) is 14.8. The molecule has 4 nitrogen and oxygen atoms in total. The number of hydrogen-bond donors (Lipinski definition) is 0. The second-order valence-corrected chi connectivity index (χ2v) is 6.45. The number of benzene rings is 1. The molecule has 0 atom stereocenters. The Morgan fingerprint density at radius 2 is 1.81 bits per heavy atom. The molecule has 0 aliphatic carbocycles. The number of ketones is 1. The van der Waals surface area contributed by atoms with Gasteiger partial charge in [-0.1, -0.05) is 0 Å². The Hall–Kier alpha value is -2.41. The van der Waals surface area contributed by atoms with Crippen molar-refractivity contribution in [3.63, 3.8) is 0 Å². The standard InChI is InChI=1S/C20H21F3N2O2/c21-20(22,23)17-4-5-18(25-10-12-27-13-11-25)16(14-17)2-1-3-19(26)15-6-8-24-9-7-15/h4-9,14H,1-3,10-13H2. The van der Waals surface area contributed by atoms with Crippen LogP contribution in [0.4, 0.5) is 18.9 Å². The van der Waals surface area contributed by atoms with Gasteiger partial charge in [0.05, 0.1) is 18.8 Å². The van der Waals surface area contributed by atoms with Gasteiger partial charge in [0, 0.05) is 43.2 Å². The summed E-state index contributed by atoms with van der Waals surface area (Å²) in [7, 11) is 0. The molecule has 27 heavy (non-hydrogen) atoms. The van der Waals surface area contributed by atoms with Crippen molar-refractivity contribution in [1.29, 1.82) is 0 Å². The van der Waals surface area contributed by atoms with Crippen LogP contribution in [0.3, 0.4) is 0 Å². The molecule has 0 N–H and O–H groups in total. The molecule has 3 rings (SSSR count). The first kappa shape index (κ1) is 19.4. The lowest BCUT2D eigenvalue weighted by atomic mass is 9.99. The van der Waals surface area contributed by atoms with E-state index in [4.69, 9.17) is 4.74 Å². The largest absolute Gasteiger partial charge is 0.416 e. The van der Waals surface area contributed by atoms with Gasteiger partial charge in [0.1, 0.15) is 0 Å². The highest BCUT2D eigenvalue weighted by Gasteiger charge is 2.31. The Bertz CT molecular complexity index is 773. The second kappa shape index (κ2) is 8.52. The van der Waals surface area contributed by atoms with Crippen molar-refractivity contribution in [2.75, 3.05) is 31.2 Å². The fourth-order valence-corrected chi connectivity index (χ4v) is 3.20. The number of Topliss-reactive ketones (excluding diaryl/α,β-unsaturated/α-hetero) is 1. The van der Waals surface area contributed by atoms with Gasteiger partial charge in [-0.15, -0.1) is 0 Å². The third-order valence-corrected chi connectivity index (χ3v) is 4.61. The van der Waals surface area contributed by atoms with E-state index in [1.54, 1.807) is 24.5 Å². The molecule has 144 valence electrons. The zero-order chi connectivity index (χ0) is 19.3. The molecule has 0 bridgehead atoms. The van der Waals surface area contributed by atoms with Crippen molar-refractivity contribution in [3.05, 3.63) is 59.4 Å². The van der Waals surface area contributed by atoms with Crippen LogP contribution in [0.2, 0.25) is 0 Å². The lowest BCUT2D eigenvalue weighted by molar-refractivity contribution is -0.137. The summed E-state index contributed by atoms with van der Waals surface area (Å²) in [5, 5.41) is 0. The first-order valence-electron chi connectivity index (χ1n) is 8.91. The van der Waals surface area contributed by atoms with Gasteiger partial charge >= 0.3 is 6.18 Å². The van der Waals surface area contributed by atoms with Gasteiger partial charge in [-0.25, -0.2) is 0 Å². The van der Waals surface area contributed by atoms with Crippen molar-refractivity contribution in [2.45, 2.75) is 25.4 Å². The molecule has 1 fully saturated rings. The van der Waals surface area contributed by atoms with Crippen LogP contribution in [0.25, 0.3) is 0 Å². The summed E-state index contributed by atoms with van der Waals surface area (Å²) in [5.74, 6) is -0.0303. The minimum atomic E-state index is -4.38. The normalized spacial score (nSPS) is 15.0. The monoisotopic (exact) mass is 378 g/mol. The number of aryl methyl sites for hydroxylation is 1. The van der Waals surface area contributed by atoms with Gasteiger partial charge in [0.15, 0.2) is 5.78 Å². The van der Waals surface area contributed by atoms with Gasteiger partial charge in [-0.3, -0.25) is 9.78 Å². The van der Waals surface area contributed by atoms with Crippen molar-refractivity contribution in [3.8, 4) is 0 Å². The van der Waals surface area contributed by atoms with Crippen LogP contribution in [-0.2, 0) is 17.3 Å². The lowest BCUT2D eigenvalue weighted by Gasteiger charge is -2.31. The highest BCUT2D eigenvalue weighted by atomic mass is 19.4. The van der Waals surface area contributed by atoms with Crippen LogP contribution < -0.4 is 4.90 Å². The predicted molar refractivity (Wildman–Crippen MR) is 96.0 cm³/mol. The third-order valence-electron chi connectivity index (χ3n) is 4.61. The topological polar surface area (TPSA) is 42.4 Å². The smallest absolute Gasteiger partial charge is 0.378 e. The molecule has 0 amide bonds. The van der Waals surface area contributed by atoms with Gasteiger partial charge in [0.2, 0.25) is 0 Å². The molecule has 0 saturated carbocycles. The maximum atomic E-state index is 13.1. The maximum absolute atomic E-state index is 13.1. The van der Waals surface area contributed by atoms with Crippen LogP contribution in [0.5, 0.6) is 0 Å². The van der Waals surface area contributed by atoms with Gasteiger partial charge in [-0.2, -0.15) is 13.2 Å². The Labute approximate surface area is 156 Å². The molecule has 1 aliphatic heterocycles. The highest BCUT2D eigenvalue weighted by Crippen LogP contribution is 2.34. The minimum absolute atomic E-state index is 0.0303. The molecule has 2 heterocycles. The van der Waals surface area contributed by atoms with Crippen LogP contribution in [-0.4, -0.2) is 37.1 Å². The molecule has 1 aromatic carbocycles. The summed E-state index contributed by atoms with van der Waals surface area (Å²) >= 11 is 0. The summed E-state index contributed by atoms with van der Waals surface area (Å²) in [6.45, 7) is 2.41. The number of hydrogen-bond acceptors (Lipinski definition) is 4. The number of nitrogens with zero attached hydrogens (tertiary/aromatic N) is 2. The SMILES string of the molecule is O=C(CCCc1cc(C(F)(F)F)ccc1N1CCOCC1)c1ccncc1. The molecule has 1 aliphatic rings. The van der Waals surface area contributed by atoms with Gasteiger partial charge in [0.25, 0.3) is 0 Å². The van der Waals surface area contributed by atoms with Crippen LogP contribution in [0, 0.1) is 0 Å². The molecule has 2 aromatic rings. The van der Waals surface area contributed by atoms with Crippen LogP contribution in [0.1, 0.15) is 34.3 Å². The number of anilines is 1. The second-order valence-electron chi connectivity index (χ2n) is 6.45. The van der Waals surface area contributed by atoms with Crippen LogP contribution in [0.15, 0.2) is 42.7 Å². The zero-order valence-electron chi connectivity index (χ0n) is 14.8. The van der Waals surface area contributed by atoms with E-state index >= 15 is 0 Å². The van der Waals surface area contributed by atoms with Crippen molar-refractivity contribution < 1.29 is 22.7 Å². The molecule has 0 radical (unpaired) electrons. The summed E-state index contributed by atoms with van der Waals surface area (Å²) in [5.41, 5.74) is 1.33. The van der Waals surface area contributed by atoms with E-state index in [9.17, 15) is 18.0 Å². The molecular formula is C20H21F3N2O2. The minimum Gasteiger partial charge on any atom is -0.378 e. The van der Waals surface area contributed by atoms with E-state index in [0.717, 1.165) is 11.8 Å². The summed E-state index contributed by atoms with van der Waals surface area (Å²) in [6.07, 6.45) is -0.103. The highest BCUT2D eigenvalue weighted by molar-refractivity contribution is 5.95. The Balaban J connectivity index is 1.73. The number of ether oxygens (including phenoxy) is 1. The number of aromatic nitrogens is 1. The number of carbonyl (C=O) groups is 1. The van der Waals surface area contributed by atoms with E-state index < -0.39 is 11.7 Å². The van der Waals surface area contributed by atoms with E-state index in [0.29, 0.717) is 50.3 Å². The van der Waals surface area contributed by atoms with Crippen molar-refractivity contribution >= 4 is 11.5 Å². The van der Waals surface area contributed by atoms with Crippen molar-refractivity contribution in [1.82, 2.24) is 4.98 Å². The average Bonchev–Trinajstić information content (AvgIpc) is 2.68. The van der Waals surface area contributed by atoms with E-state index in [1.165, 1.54) is 12.1 Å². The number of rotatable bonds is 6. The van der Waals surface area contributed by atoms with Crippen molar-refractivity contribution in [2.24, 2.45) is 0 Å². The molecule has 0 unspecified atom stereocenters. The Kier molecular flexibility index (Phi) is 6.11. The van der Waals surface area contributed by atoms with Gasteiger partial charge in [-0.05, 0) is 48.7 Å². The van der Waals surface area contributed by atoms with E-state index in [1.807, 2.05) is 4.90 Å². The number of morpholine rings is 1. The van der Waals surface area contributed by atoms with Crippen LogP contribution >= 0.6 is 0 Å². The summed E-state index contributed by atoms with van der Waals surface area (Å²) < 4.78 is 44.7.